The van der Waals surface area contributed by atoms with Crippen molar-refractivity contribution in [1.82, 2.24) is 4.90 Å². The van der Waals surface area contributed by atoms with Gasteiger partial charge in [-0.3, -0.25) is 0 Å². The molecule has 0 saturated carbocycles. The summed E-state index contributed by atoms with van der Waals surface area (Å²) in [7, 11) is 1.42. The van der Waals surface area contributed by atoms with Crippen LogP contribution in [0.5, 0.6) is 0 Å². The predicted octanol–water partition coefficient (Wildman–Crippen LogP) is 3.43. The molecule has 14 heavy (non-hydrogen) atoms. The Bertz CT molecular complexity index is 200. The van der Waals surface area contributed by atoms with Gasteiger partial charge >= 0.3 is 6.18 Å². The van der Waals surface area contributed by atoms with E-state index in [4.69, 9.17) is 0 Å². The van der Waals surface area contributed by atoms with Crippen LogP contribution in [0.3, 0.4) is 0 Å². The monoisotopic (exact) mass is 209 g/mol. The third-order valence-corrected chi connectivity index (χ3v) is 1.99. The van der Waals surface area contributed by atoms with Gasteiger partial charge in [0.2, 0.25) is 0 Å². The second kappa shape index (κ2) is 4.24. The summed E-state index contributed by atoms with van der Waals surface area (Å²) in [5.74, 6) is 0. The normalized spacial score (nSPS) is 12.8. The highest BCUT2D eigenvalue weighted by molar-refractivity contribution is 5.00. The van der Waals surface area contributed by atoms with E-state index >= 15 is 0 Å². The number of nitrogens with zero attached hydrogens (tertiary/aromatic N) is 1. The Balaban J connectivity index is 4.11. The van der Waals surface area contributed by atoms with Gasteiger partial charge in [-0.15, -0.1) is 0 Å². The molecular weight excluding hydrogens is 191 g/mol. The molecule has 0 fully saturated rings. The first kappa shape index (κ1) is 13.3. The maximum Gasteiger partial charge on any atom is 0.430 e. The van der Waals surface area contributed by atoms with Gasteiger partial charge in [-0.05, 0) is 11.8 Å². The van der Waals surface area contributed by atoms with E-state index in [0.29, 0.717) is 13.0 Å². The van der Waals surface area contributed by atoms with Gasteiger partial charge < -0.3 is 4.90 Å². The first-order valence-electron chi connectivity index (χ1n) is 4.51. The molecule has 0 unspecified atom stereocenters. The number of allylic oxidation sites excluding steroid dienone is 1. The highest BCUT2D eigenvalue weighted by atomic mass is 19.4. The highest BCUT2D eigenvalue weighted by Crippen LogP contribution is 2.27. The van der Waals surface area contributed by atoms with E-state index in [0.717, 1.165) is 4.90 Å². The van der Waals surface area contributed by atoms with Gasteiger partial charge in [0.15, 0.2) is 0 Å². The average Bonchev–Trinajstić information content (AvgIpc) is 1.95. The molecule has 1 nitrogen and oxygen atoms in total. The lowest BCUT2D eigenvalue weighted by atomic mass is 9.92. The third-order valence-electron chi connectivity index (χ3n) is 1.99. The minimum Gasteiger partial charge on any atom is -0.371 e. The number of hydrogen-bond acceptors (Lipinski definition) is 1. The summed E-state index contributed by atoms with van der Waals surface area (Å²) < 4.78 is 36.5. The van der Waals surface area contributed by atoms with Crippen LogP contribution in [0.2, 0.25) is 0 Å². The Labute approximate surface area is 83.6 Å². The second-order valence-electron chi connectivity index (χ2n) is 4.68. The van der Waals surface area contributed by atoms with Crippen LogP contribution >= 0.6 is 0 Å². The van der Waals surface area contributed by atoms with Crippen LogP contribution in [-0.2, 0) is 0 Å². The van der Waals surface area contributed by atoms with Gasteiger partial charge in [0.25, 0.3) is 0 Å². The van der Waals surface area contributed by atoms with Crippen LogP contribution in [0.15, 0.2) is 12.3 Å². The van der Waals surface area contributed by atoms with Crippen molar-refractivity contribution >= 4 is 0 Å². The van der Waals surface area contributed by atoms with Gasteiger partial charge in [-0.2, -0.15) is 13.2 Å². The molecule has 84 valence electrons. The molecule has 0 bridgehead atoms. The Morgan fingerprint density at radius 1 is 1.21 bits per heavy atom. The first-order valence-corrected chi connectivity index (χ1v) is 4.51. The lowest BCUT2D eigenvalue weighted by Crippen LogP contribution is -2.30. The van der Waals surface area contributed by atoms with Gasteiger partial charge in [-0.1, -0.05) is 27.4 Å². The van der Waals surface area contributed by atoms with Gasteiger partial charge in [0, 0.05) is 13.6 Å². The van der Waals surface area contributed by atoms with E-state index in [1.807, 2.05) is 20.8 Å². The molecule has 0 saturated heterocycles. The molecule has 0 aromatic carbocycles. The number of hydrogen-bond donors (Lipinski definition) is 0. The van der Waals surface area contributed by atoms with Crippen LogP contribution in [0.25, 0.3) is 0 Å². The van der Waals surface area contributed by atoms with Crippen LogP contribution in [0, 0.1) is 5.41 Å². The molecule has 4 heteroatoms. The summed E-state index contributed by atoms with van der Waals surface area (Å²) in [5.41, 5.74) is -0.734. The van der Waals surface area contributed by atoms with Crippen molar-refractivity contribution in [1.29, 1.82) is 0 Å². The molecule has 0 N–H and O–H groups in total. The summed E-state index contributed by atoms with van der Waals surface area (Å²) in [6, 6.07) is 0. The summed E-state index contributed by atoms with van der Waals surface area (Å²) in [4.78, 5) is 1.16. The molecule has 0 aliphatic heterocycles. The molecule has 0 radical (unpaired) electrons. The standard InChI is InChI=1S/C10H18F3N/c1-8(10(11,12)13)14(5)7-6-9(2,3)4/h1,6-7H2,2-5H3. The van der Waals surface area contributed by atoms with Crippen molar-refractivity contribution < 1.29 is 13.2 Å². The SMILES string of the molecule is C=C(N(C)CCC(C)(C)C)C(F)(F)F. The smallest absolute Gasteiger partial charge is 0.371 e. The van der Waals surface area contributed by atoms with E-state index in [2.05, 4.69) is 6.58 Å². The van der Waals surface area contributed by atoms with E-state index in [1.165, 1.54) is 7.05 Å². The van der Waals surface area contributed by atoms with Crippen molar-refractivity contribution in [2.45, 2.75) is 33.4 Å². The number of halogens is 3. The molecule has 0 heterocycles. The van der Waals surface area contributed by atoms with E-state index in [-0.39, 0.29) is 5.41 Å². The maximum atomic E-state index is 12.2. The van der Waals surface area contributed by atoms with Crippen LogP contribution in [0.1, 0.15) is 27.2 Å². The molecule has 0 aromatic heterocycles. The zero-order valence-electron chi connectivity index (χ0n) is 9.20. The van der Waals surface area contributed by atoms with Crippen LogP contribution in [-0.4, -0.2) is 24.7 Å². The molecule has 0 aromatic rings. The zero-order chi connectivity index (χ0) is 11.6. The van der Waals surface area contributed by atoms with Crippen LogP contribution < -0.4 is 0 Å². The maximum absolute atomic E-state index is 12.2. The molecule has 0 atom stereocenters. The van der Waals surface area contributed by atoms with E-state index in [9.17, 15) is 13.2 Å². The molecule has 0 amide bonds. The van der Waals surface area contributed by atoms with Gasteiger partial charge in [-0.25, -0.2) is 0 Å². The van der Waals surface area contributed by atoms with Crippen molar-refractivity contribution in [3.63, 3.8) is 0 Å². The van der Waals surface area contributed by atoms with Gasteiger partial charge in [0.1, 0.15) is 5.70 Å². The van der Waals surface area contributed by atoms with E-state index in [1.54, 1.807) is 0 Å². The zero-order valence-corrected chi connectivity index (χ0v) is 9.20. The average molecular weight is 209 g/mol. The van der Waals surface area contributed by atoms with Crippen LogP contribution in [0.4, 0.5) is 13.2 Å². The Morgan fingerprint density at radius 2 is 1.64 bits per heavy atom. The predicted molar refractivity (Wildman–Crippen MR) is 51.9 cm³/mol. The van der Waals surface area contributed by atoms with Crippen molar-refractivity contribution in [3.8, 4) is 0 Å². The Morgan fingerprint density at radius 3 is 1.93 bits per heavy atom. The minimum atomic E-state index is -4.31. The molecule has 0 spiro atoms. The topological polar surface area (TPSA) is 3.24 Å². The molecular formula is C10H18F3N. The van der Waals surface area contributed by atoms with E-state index < -0.39 is 11.9 Å². The fourth-order valence-electron chi connectivity index (χ4n) is 0.854. The van der Waals surface area contributed by atoms with Crippen molar-refractivity contribution in [2.75, 3.05) is 13.6 Å². The van der Waals surface area contributed by atoms with Crippen molar-refractivity contribution in [3.05, 3.63) is 12.3 Å². The second-order valence-corrected chi connectivity index (χ2v) is 4.68. The number of alkyl halides is 3. The summed E-state index contributed by atoms with van der Waals surface area (Å²) in [6.45, 7) is 9.40. The Kier molecular flexibility index (Phi) is 4.03. The largest absolute Gasteiger partial charge is 0.430 e. The van der Waals surface area contributed by atoms with Crippen molar-refractivity contribution in [2.24, 2.45) is 5.41 Å². The number of rotatable bonds is 3. The summed E-state index contributed by atoms with van der Waals surface area (Å²) >= 11 is 0. The van der Waals surface area contributed by atoms with Gasteiger partial charge in [0.05, 0.1) is 0 Å². The first-order chi connectivity index (χ1) is 6.04. The molecule has 0 aliphatic carbocycles. The fraction of sp³-hybridized carbons (Fsp3) is 0.800. The summed E-state index contributed by atoms with van der Waals surface area (Å²) in [6.07, 6.45) is -3.61. The highest BCUT2D eigenvalue weighted by Gasteiger charge is 2.34. The summed E-state index contributed by atoms with van der Waals surface area (Å²) in [5, 5.41) is 0. The quantitative estimate of drug-likeness (QED) is 0.688. The lowest BCUT2D eigenvalue weighted by molar-refractivity contribution is -0.109. The third kappa shape index (κ3) is 5.14. The minimum absolute atomic E-state index is 0.0418. The Hall–Kier alpha value is -0.670. The fourth-order valence-corrected chi connectivity index (χ4v) is 0.854. The lowest BCUT2D eigenvalue weighted by Gasteiger charge is -2.27. The molecule has 0 rings (SSSR count). The molecule has 0 aliphatic rings.